The summed E-state index contributed by atoms with van der Waals surface area (Å²) in [6, 6.07) is 0. The van der Waals surface area contributed by atoms with Crippen LogP contribution in [-0.2, 0) is 19.1 Å². The Labute approximate surface area is 158 Å². The maximum atomic E-state index is 12.2. The summed E-state index contributed by atoms with van der Waals surface area (Å²) in [5.41, 5.74) is 0. The maximum absolute atomic E-state index is 12.2. The molecule has 2 aliphatic rings. The molecule has 0 saturated heterocycles. The molecule has 2 rings (SSSR count). The van der Waals surface area contributed by atoms with Gasteiger partial charge in [0.05, 0.1) is 19.1 Å². The Morgan fingerprint density at radius 3 is 1.96 bits per heavy atom. The highest BCUT2D eigenvalue weighted by Gasteiger charge is 2.31. The van der Waals surface area contributed by atoms with Crippen LogP contribution < -0.4 is 0 Å². The number of carbonyl (C=O) groups is 2. The standard InChI is InChI=1S/C22H36O4/c1-2-21(23)25-16-8-3-4-9-17-26-22(24)20-14-12-19(13-15-20)18-10-6-5-7-11-18/h2,18-20H,1,3-17H2. The summed E-state index contributed by atoms with van der Waals surface area (Å²) >= 11 is 0. The van der Waals surface area contributed by atoms with Crippen LogP contribution in [0.1, 0.15) is 83.5 Å². The normalized spacial score (nSPS) is 24.0. The molecule has 0 N–H and O–H groups in total. The molecular weight excluding hydrogens is 328 g/mol. The van der Waals surface area contributed by atoms with Gasteiger partial charge in [-0.05, 0) is 63.2 Å². The molecule has 0 amide bonds. The molecule has 0 heterocycles. The SMILES string of the molecule is C=CC(=O)OCCCCCCOC(=O)C1CCC(C2CCCCC2)CC1. The van der Waals surface area contributed by atoms with Crippen LogP contribution in [0.25, 0.3) is 0 Å². The zero-order valence-electron chi connectivity index (χ0n) is 16.3. The molecule has 4 nitrogen and oxygen atoms in total. The average Bonchev–Trinajstić information content (AvgIpc) is 2.70. The molecule has 2 saturated carbocycles. The van der Waals surface area contributed by atoms with E-state index >= 15 is 0 Å². The second-order valence-corrected chi connectivity index (χ2v) is 7.96. The lowest BCUT2D eigenvalue weighted by Gasteiger charge is -2.35. The summed E-state index contributed by atoms with van der Waals surface area (Å²) < 4.78 is 10.4. The minimum atomic E-state index is -0.364. The van der Waals surface area contributed by atoms with Crippen molar-refractivity contribution >= 4 is 11.9 Å². The Morgan fingerprint density at radius 2 is 1.35 bits per heavy atom. The van der Waals surface area contributed by atoms with Crippen molar-refractivity contribution in [3.05, 3.63) is 12.7 Å². The van der Waals surface area contributed by atoms with Crippen molar-refractivity contribution in [2.24, 2.45) is 17.8 Å². The van der Waals surface area contributed by atoms with Gasteiger partial charge in [-0.15, -0.1) is 0 Å². The fourth-order valence-corrected chi connectivity index (χ4v) is 4.51. The second-order valence-electron chi connectivity index (χ2n) is 7.96. The predicted molar refractivity (Wildman–Crippen MR) is 103 cm³/mol. The van der Waals surface area contributed by atoms with Gasteiger partial charge in [-0.25, -0.2) is 4.79 Å². The highest BCUT2D eigenvalue weighted by atomic mass is 16.5. The Morgan fingerprint density at radius 1 is 0.769 bits per heavy atom. The van der Waals surface area contributed by atoms with E-state index in [1.54, 1.807) is 0 Å². The first-order valence-electron chi connectivity index (χ1n) is 10.7. The molecule has 2 fully saturated rings. The molecule has 0 aliphatic heterocycles. The third-order valence-electron chi connectivity index (χ3n) is 6.12. The van der Waals surface area contributed by atoms with Gasteiger partial charge in [0, 0.05) is 6.08 Å². The van der Waals surface area contributed by atoms with Gasteiger partial charge in [0.15, 0.2) is 0 Å². The molecule has 0 bridgehead atoms. The van der Waals surface area contributed by atoms with E-state index in [1.807, 2.05) is 0 Å². The van der Waals surface area contributed by atoms with Crippen LogP contribution in [0.3, 0.4) is 0 Å². The molecule has 26 heavy (non-hydrogen) atoms. The van der Waals surface area contributed by atoms with Crippen LogP contribution in [0, 0.1) is 17.8 Å². The van der Waals surface area contributed by atoms with Crippen molar-refractivity contribution in [3.63, 3.8) is 0 Å². The van der Waals surface area contributed by atoms with E-state index in [0.717, 1.165) is 50.4 Å². The molecule has 0 aromatic rings. The molecule has 0 unspecified atom stereocenters. The molecule has 148 valence electrons. The quantitative estimate of drug-likeness (QED) is 0.303. The van der Waals surface area contributed by atoms with E-state index in [2.05, 4.69) is 6.58 Å². The van der Waals surface area contributed by atoms with Crippen LogP contribution in [0.4, 0.5) is 0 Å². The van der Waals surface area contributed by atoms with Gasteiger partial charge < -0.3 is 9.47 Å². The number of unbranched alkanes of at least 4 members (excludes halogenated alkanes) is 3. The number of ether oxygens (including phenoxy) is 2. The maximum Gasteiger partial charge on any atom is 0.330 e. The first-order chi connectivity index (χ1) is 12.7. The summed E-state index contributed by atoms with van der Waals surface area (Å²) in [7, 11) is 0. The van der Waals surface area contributed by atoms with Crippen molar-refractivity contribution in [3.8, 4) is 0 Å². The Balaban J connectivity index is 1.47. The fourth-order valence-electron chi connectivity index (χ4n) is 4.51. The minimum absolute atomic E-state index is 0.0204. The molecular formula is C22H36O4. The van der Waals surface area contributed by atoms with Crippen LogP contribution in [0.15, 0.2) is 12.7 Å². The molecule has 0 radical (unpaired) electrons. The smallest absolute Gasteiger partial charge is 0.330 e. The largest absolute Gasteiger partial charge is 0.465 e. The van der Waals surface area contributed by atoms with E-state index < -0.39 is 0 Å². The van der Waals surface area contributed by atoms with Crippen molar-refractivity contribution in [2.45, 2.75) is 83.5 Å². The molecule has 0 spiro atoms. The number of hydrogen-bond donors (Lipinski definition) is 0. The van der Waals surface area contributed by atoms with Gasteiger partial charge >= 0.3 is 11.9 Å². The first-order valence-corrected chi connectivity index (χ1v) is 10.7. The van der Waals surface area contributed by atoms with Gasteiger partial charge in [0.1, 0.15) is 0 Å². The highest BCUT2D eigenvalue weighted by Crippen LogP contribution is 2.40. The van der Waals surface area contributed by atoms with E-state index in [-0.39, 0.29) is 17.9 Å². The second kappa shape index (κ2) is 12.1. The zero-order valence-corrected chi connectivity index (χ0v) is 16.3. The summed E-state index contributed by atoms with van der Waals surface area (Å²) in [5, 5.41) is 0. The summed E-state index contributed by atoms with van der Waals surface area (Å²) in [5.74, 6) is 1.57. The molecule has 2 aliphatic carbocycles. The molecule has 0 atom stereocenters. The zero-order chi connectivity index (χ0) is 18.6. The van der Waals surface area contributed by atoms with Gasteiger partial charge in [-0.2, -0.15) is 0 Å². The van der Waals surface area contributed by atoms with Crippen molar-refractivity contribution in [1.29, 1.82) is 0 Å². The van der Waals surface area contributed by atoms with Crippen molar-refractivity contribution < 1.29 is 19.1 Å². The molecule has 0 aromatic carbocycles. The van der Waals surface area contributed by atoms with Crippen LogP contribution in [0.2, 0.25) is 0 Å². The molecule has 0 aromatic heterocycles. The first kappa shape index (κ1) is 21.0. The Hall–Kier alpha value is -1.32. The van der Waals surface area contributed by atoms with Crippen LogP contribution in [0.5, 0.6) is 0 Å². The lowest BCUT2D eigenvalue weighted by molar-refractivity contribution is -0.150. The number of esters is 2. The van der Waals surface area contributed by atoms with E-state index in [9.17, 15) is 9.59 Å². The topological polar surface area (TPSA) is 52.6 Å². The monoisotopic (exact) mass is 364 g/mol. The van der Waals surface area contributed by atoms with Crippen molar-refractivity contribution in [2.75, 3.05) is 13.2 Å². The van der Waals surface area contributed by atoms with E-state index in [1.165, 1.54) is 51.0 Å². The average molecular weight is 365 g/mol. The minimum Gasteiger partial charge on any atom is -0.465 e. The third kappa shape index (κ3) is 7.51. The Kier molecular flexibility index (Phi) is 9.80. The lowest BCUT2D eigenvalue weighted by Crippen LogP contribution is -2.28. The summed E-state index contributed by atoms with van der Waals surface area (Å²) in [4.78, 5) is 23.1. The van der Waals surface area contributed by atoms with E-state index in [4.69, 9.17) is 9.47 Å². The number of carbonyl (C=O) groups excluding carboxylic acids is 2. The van der Waals surface area contributed by atoms with Crippen LogP contribution >= 0.6 is 0 Å². The fraction of sp³-hybridized carbons (Fsp3) is 0.818. The van der Waals surface area contributed by atoms with E-state index in [0.29, 0.717) is 13.2 Å². The Bertz CT molecular complexity index is 431. The summed E-state index contributed by atoms with van der Waals surface area (Å²) in [6.45, 7) is 4.32. The third-order valence-corrected chi connectivity index (χ3v) is 6.12. The van der Waals surface area contributed by atoms with Crippen LogP contribution in [-0.4, -0.2) is 25.2 Å². The predicted octanol–water partition coefficient (Wildman–Crippen LogP) is 5.21. The van der Waals surface area contributed by atoms with Gasteiger partial charge in [0.25, 0.3) is 0 Å². The van der Waals surface area contributed by atoms with Gasteiger partial charge in [0.2, 0.25) is 0 Å². The lowest BCUT2D eigenvalue weighted by atomic mass is 9.71. The van der Waals surface area contributed by atoms with Gasteiger partial charge in [-0.1, -0.05) is 38.7 Å². The highest BCUT2D eigenvalue weighted by molar-refractivity contribution is 5.81. The van der Waals surface area contributed by atoms with Crippen molar-refractivity contribution in [1.82, 2.24) is 0 Å². The number of rotatable bonds is 10. The van der Waals surface area contributed by atoms with Gasteiger partial charge in [-0.3, -0.25) is 4.79 Å². The number of hydrogen-bond acceptors (Lipinski definition) is 4. The molecule has 4 heteroatoms. The summed E-state index contributed by atoms with van der Waals surface area (Å²) in [6.07, 6.45) is 16.4.